The van der Waals surface area contributed by atoms with Gasteiger partial charge in [0, 0.05) is 38.1 Å². The highest BCUT2D eigenvalue weighted by Gasteiger charge is 2.36. The predicted molar refractivity (Wildman–Crippen MR) is 140 cm³/mol. The summed E-state index contributed by atoms with van der Waals surface area (Å²) in [7, 11) is 0. The van der Waals surface area contributed by atoms with Crippen LogP contribution in [0.4, 0.5) is 26.0 Å². The summed E-state index contributed by atoms with van der Waals surface area (Å²) >= 11 is 0. The second-order valence-corrected chi connectivity index (χ2v) is 10.5. The van der Waals surface area contributed by atoms with Crippen molar-refractivity contribution in [1.29, 1.82) is 0 Å². The number of carbonyl (C=O) groups is 2. The summed E-state index contributed by atoms with van der Waals surface area (Å²) < 4.78 is 29.7. The predicted octanol–water partition coefficient (Wildman–Crippen LogP) is 2.15. The number of halogens is 2. The van der Waals surface area contributed by atoms with E-state index in [1.807, 2.05) is 9.80 Å². The Bertz CT molecular complexity index is 1400. The van der Waals surface area contributed by atoms with Crippen LogP contribution < -0.4 is 16.0 Å². The minimum absolute atomic E-state index is 0.0487. The molecule has 3 saturated heterocycles. The molecule has 3 fully saturated rings. The lowest BCUT2D eigenvalue weighted by molar-refractivity contribution is -0.135. The van der Waals surface area contributed by atoms with Crippen LogP contribution in [0, 0.1) is 17.6 Å². The van der Waals surface area contributed by atoms with E-state index >= 15 is 4.39 Å². The Labute approximate surface area is 224 Å². The van der Waals surface area contributed by atoms with Gasteiger partial charge in [0.15, 0.2) is 23.1 Å². The smallest absolute Gasteiger partial charge is 0.263 e. The molecule has 3 aromatic rings. The maximum absolute atomic E-state index is 15.1. The van der Waals surface area contributed by atoms with E-state index in [0.717, 1.165) is 55.7 Å². The number of hydrogen-bond donors (Lipinski definition) is 2. The van der Waals surface area contributed by atoms with Gasteiger partial charge in [-0.05, 0) is 45.2 Å². The molecule has 13 heteroatoms. The SMILES string of the molecule is Nc1nn2cc(F)cnc2c1C(=O)Nc1cncc(F)c1N1CCC(C(=O)N2CCC(N3CCCC3)C2)CC1. The van der Waals surface area contributed by atoms with Gasteiger partial charge in [-0.1, -0.05) is 0 Å². The van der Waals surface area contributed by atoms with Crippen molar-refractivity contribution in [3.8, 4) is 0 Å². The molecule has 3 aliphatic heterocycles. The van der Waals surface area contributed by atoms with Crippen LogP contribution in [0.15, 0.2) is 24.8 Å². The molecule has 0 saturated carbocycles. The average Bonchev–Trinajstić information content (AvgIpc) is 3.68. The van der Waals surface area contributed by atoms with Gasteiger partial charge in [0.1, 0.15) is 11.3 Å². The van der Waals surface area contributed by atoms with E-state index in [0.29, 0.717) is 32.0 Å². The minimum Gasteiger partial charge on any atom is -0.381 e. The molecule has 2 amide bonds. The van der Waals surface area contributed by atoms with Crippen LogP contribution in [0.2, 0.25) is 0 Å². The summed E-state index contributed by atoms with van der Waals surface area (Å²) in [5, 5.41) is 6.62. The van der Waals surface area contributed by atoms with Crippen LogP contribution in [0.25, 0.3) is 5.65 Å². The lowest BCUT2D eigenvalue weighted by atomic mass is 9.95. The fourth-order valence-electron chi connectivity index (χ4n) is 6.13. The number of anilines is 3. The number of pyridine rings is 1. The van der Waals surface area contributed by atoms with Gasteiger partial charge in [-0.15, -0.1) is 5.10 Å². The van der Waals surface area contributed by atoms with Gasteiger partial charge < -0.3 is 20.9 Å². The van der Waals surface area contributed by atoms with Crippen molar-refractivity contribution in [3.05, 3.63) is 42.0 Å². The molecule has 3 N–H and O–H groups in total. The van der Waals surface area contributed by atoms with Crippen molar-refractivity contribution >= 4 is 34.7 Å². The van der Waals surface area contributed by atoms with Crippen molar-refractivity contribution < 1.29 is 18.4 Å². The van der Waals surface area contributed by atoms with E-state index in [4.69, 9.17) is 5.73 Å². The molecule has 0 aliphatic carbocycles. The fraction of sp³-hybridized carbons (Fsp3) is 0.500. The van der Waals surface area contributed by atoms with Crippen molar-refractivity contribution in [1.82, 2.24) is 29.4 Å². The standard InChI is InChI=1S/C26H31F2N9O2/c27-17-11-31-24-21(23(29)33-37(24)14-17)25(38)32-20-13-30-12-19(28)22(20)35-8-3-16(4-9-35)26(39)36-10-5-18(15-36)34-6-1-2-7-34/h11-14,16,18H,1-10,15H2,(H2,29,33)(H,32,38). The minimum atomic E-state index is -0.665. The maximum Gasteiger partial charge on any atom is 0.263 e. The number of amides is 2. The van der Waals surface area contributed by atoms with Gasteiger partial charge in [-0.25, -0.2) is 18.3 Å². The topological polar surface area (TPSA) is 125 Å². The Kier molecular flexibility index (Phi) is 6.75. The number of piperidine rings is 1. The van der Waals surface area contributed by atoms with Crippen LogP contribution in [0.1, 0.15) is 42.5 Å². The highest BCUT2D eigenvalue weighted by Crippen LogP contribution is 2.34. The Balaban J connectivity index is 1.13. The number of nitrogens with zero attached hydrogens (tertiary/aromatic N) is 7. The molecule has 0 radical (unpaired) electrons. The third kappa shape index (κ3) is 4.86. The van der Waals surface area contributed by atoms with Crippen LogP contribution in [-0.2, 0) is 4.79 Å². The zero-order valence-electron chi connectivity index (χ0n) is 21.5. The second kappa shape index (κ2) is 10.4. The van der Waals surface area contributed by atoms with Crippen molar-refractivity contribution in [2.24, 2.45) is 5.92 Å². The number of rotatable bonds is 5. The van der Waals surface area contributed by atoms with E-state index < -0.39 is 17.5 Å². The first kappa shape index (κ1) is 25.4. The molecule has 0 aromatic carbocycles. The van der Waals surface area contributed by atoms with Gasteiger partial charge in [0.2, 0.25) is 5.91 Å². The average molecular weight is 540 g/mol. The van der Waals surface area contributed by atoms with Crippen LogP contribution in [-0.4, -0.2) is 86.5 Å². The zero-order valence-corrected chi connectivity index (χ0v) is 21.5. The molecular formula is C26H31F2N9O2. The summed E-state index contributed by atoms with van der Waals surface area (Å²) in [5.41, 5.74) is 6.31. The molecule has 39 heavy (non-hydrogen) atoms. The lowest BCUT2D eigenvalue weighted by Crippen LogP contribution is -2.43. The molecule has 6 rings (SSSR count). The van der Waals surface area contributed by atoms with Gasteiger partial charge in [-0.3, -0.25) is 19.5 Å². The summed E-state index contributed by atoms with van der Waals surface area (Å²) in [6, 6.07) is 0.463. The molecular weight excluding hydrogens is 508 g/mol. The van der Waals surface area contributed by atoms with Crippen LogP contribution >= 0.6 is 0 Å². The quantitative estimate of drug-likeness (QED) is 0.506. The highest BCUT2D eigenvalue weighted by molar-refractivity contribution is 6.12. The molecule has 3 aromatic heterocycles. The van der Waals surface area contributed by atoms with Crippen molar-refractivity contribution in [2.45, 2.75) is 38.1 Å². The van der Waals surface area contributed by atoms with Crippen LogP contribution in [0.3, 0.4) is 0 Å². The molecule has 1 atom stereocenters. The number of nitrogens with two attached hydrogens (primary N) is 1. The summed E-state index contributed by atoms with van der Waals surface area (Å²) in [6.07, 6.45) is 9.17. The van der Waals surface area contributed by atoms with Gasteiger partial charge in [-0.2, -0.15) is 0 Å². The number of nitrogen functional groups attached to an aromatic ring is 1. The summed E-state index contributed by atoms with van der Waals surface area (Å²) in [6.45, 7) is 4.76. The Morgan fingerprint density at radius 1 is 1.00 bits per heavy atom. The monoisotopic (exact) mass is 539 g/mol. The third-order valence-electron chi connectivity index (χ3n) is 8.11. The first-order chi connectivity index (χ1) is 18.9. The number of nitrogens with one attached hydrogen (secondary N) is 1. The fourth-order valence-corrected chi connectivity index (χ4v) is 6.13. The molecule has 6 heterocycles. The number of hydrogen-bond acceptors (Lipinski definition) is 8. The lowest BCUT2D eigenvalue weighted by Gasteiger charge is -2.35. The molecule has 11 nitrogen and oxygen atoms in total. The van der Waals surface area contributed by atoms with E-state index in [2.05, 4.69) is 25.3 Å². The third-order valence-corrected chi connectivity index (χ3v) is 8.11. The van der Waals surface area contributed by atoms with E-state index in [1.54, 1.807) is 0 Å². The number of likely N-dealkylation sites (tertiary alicyclic amines) is 2. The number of aromatic nitrogens is 4. The molecule has 0 spiro atoms. The van der Waals surface area contributed by atoms with E-state index in [-0.39, 0.29) is 40.2 Å². The van der Waals surface area contributed by atoms with E-state index in [1.165, 1.54) is 19.0 Å². The molecule has 0 bridgehead atoms. The summed E-state index contributed by atoms with van der Waals surface area (Å²) in [5.74, 6) is -1.93. The highest BCUT2D eigenvalue weighted by atomic mass is 19.1. The first-order valence-corrected chi connectivity index (χ1v) is 13.4. The zero-order chi connectivity index (χ0) is 27.1. The Hall–Kier alpha value is -3.87. The number of carbonyl (C=O) groups excluding carboxylic acids is 2. The molecule has 1 unspecified atom stereocenters. The largest absolute Gasteiger partial charge is 0.381 e. The van der Waals surface area contributed by atoms with Crippen molar-refractivity contribution in [2.75, 3.05) is 55.2 Å². The second-order valence-electron chi connectivity index (χ2n) is 10.5. The Morgan fingerprint density at radius 2 is 1.77 bits per heavy atom. The van der Waals surface area contributed by atoms with Crippen molar-refractivity contribution in [3.63, 3.8) is 0 Å². The normalized spacial score (nSPS) is 20.7. The van der Waals surface area contributed by atoms with E-state index in [9.17, 15) is 14.0 Å². The number of fused-ring (bicyclic) bond motifs is 1. The molecule has 206 valence electrons. The van der Waals surface area contributed by atoms with Gasteiger partial charge in [0.05, 0.1) is 30.5 Å². The van der Waals surface area contributed by atoms with Gasteiger partial charge in [0.25, 0.3) is 5.91 Å². The maximum atomic E-state index is 15.1. The summed E-state index contributed by atoms with van der Waals surface area (Å²) in [4.78, 5) is 40.6. The van der Waals surface area contributed by atoms with Gasteiger partial charge >= 0.3 is 0 Å². The Morgan fingerprint density at radius 3 is 2.54 bits per heavy atom. The first-order valence-electron chi connectivity index (χ1n) is 13.4. The van der Waals surface area contributed by atoms with Crippen LogP contribution in [0.5, 0.6) is 0 Å². The molecule has 3 aliphatic rings.